The number of nitrogens with zero attached hydrogens (tertiary/aromatic N) is 2. The number of hydrogen-bond donors (Lipinski definition) is 1. The Morgan fingerprint density at radius 2 is 1.89 bits per heavy atom. The maximum absolute atomic E-state index is 11.1. The maximum atomic E-state index is 11.1. The molecule has 7 nitrogen and oxygen atoms in total. The van der Waals surface area contributed by atoms with E-state index >= 15 is 0 Å². The molecule has 2 rings (SSSR count). The van der Waals surface area contributed by atoms with Gasteiger partial charge in [0.15, 0.2) is 11.5 Å². The first kappa shape index (κ1) is 12.4. The fraction of sp³-hybridized carbons (Fsp3) is 0.455. The molecule has 1 heterocycles. The molecule has 1 aromatic carbocycles. The molecule has 0 unspecified atom stereocenters. The predicted molar refractivity (Wildman–Crippen MR) is 66.4 cm³/mol. The number of hydrogen-bond acceptors (Lipinski definition) is 6. The zero-order valence-electron chi connectivity index (χ0n) is 10.3. The zero-order chi connectivity index (χ0) is 13.3. The van der Waals surface area contributed by atoms with Crippen LogP contribution >= 0.6 is 0 Å². The highest BCUT2D eigenvalue weighted by atomic mass is 16.6. The summed E-state index contributed by atoms with van der Waals surface area (Å²) in [6.07, 6.45) is 0. The third-order valence-corrected chi connectivity index (χ3v) is 2.93. The second-order valence-electron chi connectivity index (χ2n) is 4.12. The molecule has 0 saturated carbocycles. The van der Waals surface area contributed by atoms with E-state index in [0.29, 0.717) is 30.3 Å². The summed E-state index contributed by atoms with van der Waals surface area (Å²) in [4.78, 5) is 12.5. The first-order valence-corrected chi connectivity index (χ1v) is 5.47. The maximum Gasteiger partial charge on any atom is 0.296 e. The molecule has 0 aliphatic carbocycles. The first-order valence-electron chi connectivity index (χ1n) is 5.47. The fourth-order valence-electron chi connectivity index (χ4n) is 1.97. The van der Waals surface area contributed by atoms with Gasteiger partial charge in [0.25, 0.3) is 5.69 Å². The van der Waals surface area contributed by atoms with Crippen molar-refractivity contribution in [3.05, 3.63) is 22.2 Å². The molecular formula is C11H15N3O4. The van der Waals surface area contributed by atoms with Crippen molar-refractivity contribution in [3.63, 3.8) is 0 Å². The molecule has 18 heavy (non-hydrogen) atoms. The second kappa shape index (κ2) is 4.69. The molecule has 1 aromatic rings. The third-order valence-electron chi connectivity index (χ3n) is 2.93. The molecule has 0 atom stereocenters. The first-order chi connectivity index (χ1) is 8.56. The van der Waals surface area contributed by atoms with Crippen LogP contribution < -0.4 is 20.1 Å². The van der Waals surface area contributed by atoms with Crippen molar-refractivity contribution < 1.29 is 14.4 Å². The van der Waals surface area contributed by atoms with Crippen LogP contribution in [0.1, 0.15) is 0 Å². The molecular weight excluding hydrogens is 238 g/mol. The normalized spacial score (nSPS) is 15.2. The Morgan fingerprint density at radius 3 is 2.33 bits per heavy atom. The van der Waals surface area contributed by atoms with Crippen LogP contribution in [0.2, 0.25) is 0 Å². The van der Waals surface area contributed by atoms with Gasteiger partial charge in [-0.2, -0.15) is 0 Å². The van der Waals surface area contributed by atoms with Gasteiger partial charge in [-0.15, -0.1) is 0 Å². The minimum atomic E-state index is -0.429. The number of ether oxygens (including phenoxy) is 2. The summed E-state index contributed by atoms with van der Waals surface area (Å²) in [5.41, 5.74) is 6.20. The van der Waals surface area contributed by atoms with Gasteiger partial charge in [-0.1, -0.05) is 0 Å². The Kier molecular flexibility index (Phi) is 3.24. The van der Waals surface area contributed by atoms with Gasteiger partial charge in [0.2, 0.25) is 0 Å². The number of nitro benzene ring substituents is 1. The minimum absolute atomic E-state index is 0.000417. The van der Waals surface area contributed by atoms with Crippen LogP contribution in [-0.4, -0.2) is 38.3 Å². The molecule has 1 fully saturated rings. The van der Waals surface area contributed by atoms with E-state index in [2.05, 4.69) is 0 Å². The molecule has 1 aliphatic heterocycles. The monoisotopic (exact) mass is 253 g/mol. The van der Waals surface area contributed by atoms with E-state index in [1.54, 1.807) is 6.07 Å². The molecule has 0 radical (unpaired) electrons. The molecule has 0 spiro atoms. The SMILES string of the molecule is COc1cc(N2CC(N)C2)c([N+](=O)[O-])cc1OC. The largest absolute Gasteiger partial charge is 0.493 e. The lowest BCUT2D eigenvalue weighted by atomic mass is 10.1. The molecule has 1 aliphatic rings. The smallest absolute Gasteiger partial charge is 0.296 e. The second-order valence-corrected chi connectivity index (χ2v) is 4.12. The summed E-state index contributed by atoms with van der Waals surface area (Å²) < 4.78 is 10.2. The summed E-state index contributed by atoms with van der Waals surface area (Å²) in [6, 6.07) is 3.05. The number of methoxy groups -OCH3 is 2. The fourth-order valence-corrected chi connectivity index (χ4v) is 1.97. The quantitative estimate of drug-likeness (QED) is 0.629. The lowest BCUT2D eigenvalue weighted by molar-refractivity contribution is -0.384. The van der Waals surface area contributed by atoms with E-state index in [1.165, 1.54) is 20.3 Å². The van der Waals surface area contributed by atoms with Crippen molar-refractivity contribution in [1.29, 1.82) is 0 Å². The molecule has 0 aromatic heterocycles. The molecule has 2 N–H and O–H groups in total. The Labute approximate surface area is 104 Å². The highest BCUT2D eigenvalue weighted by molar-refractivity contribution is 5.70. The van der Waals surface area contributed by atoms with E-state index in [0.717, 1.165) is 0 Å². The van der Waals surface area contributed by atoms with Gasteiger partial charge in [-0.25, -0.2) is 0 Å². The summed E-state index contributed by atoms with van der Waals surface area (Å²) in [5, 5.41) is 11.1. The Balaban J connectivity index is 2.45. The van der Waals surface area contributed by atoms with Crippen LogP contribution in [0.5, 0.6) is 11.5 Å². The van der Waals surface area contributed by atoms with Crippen molar-refractivity contribution in [2.24, 2.45) is 5.73 Å². The molecule has 0 amide bonds. The van der Waals surface area contributed by atoms with E-state index in [1.807, 2.05) is 4.90 Å². The highest BCUT2D eigenvalue weighted by Crippen LogP contribution is 2.40. The summed E-state index contributed by atoms with van der Waals surface area (Å²) in [7, 11) is 2.94. The number of rotatable bonds is 4. The Hall–Kier alpha value is -2.02. The van der Waals surface area contributed by atoms with Crippen LogP contribution in [0.15, 0.2) is 12.1 Å². The molecule has 98 valence electrons. The minimum Gasteiger partial charge on any atom is -0.493 e. The van der Waals surface area contributed by atoms with Gasteiger partial charge in [0.05, 0.1) is 25.2 Å². The van der Waals surface area contributed by atoms with E-state index < -0.39 is 4.92 Å². The molecule has 0 bridgehead atoms. The van der Waals surface area contributed by atoms with Crippen LogP contribution in [0.4, 0.5) is 11.4 Å². The lowest BCUT2D eigenvalue weighted by Gasteiger charge is -2.38. The van der Waals surface area contributed by atoms with Gasteiger partial charge in [0.1, 0.15) is 5.69 Å². The summed E-state index contributed by atoms with van der Waals surface area (Å²) in [6.45, 7) is 1.21. The number of benzene rings is 1. The molecule has 7 heteroatoms. The van der Waals surface area contributed by atoms with E-state index in [9.17, 15) is 10.1 Å². The standard InChI is InChI=1S/C11H15N3O4/c1-17-10-3-8(13-5-7(12)6-13)9(14(15)16)4-11(10)18-2/h3-4,7H,5-6,12H2,1-2H3. The summed E-state index contributed by atoms with van der Waals surface area (Å²) in [5.74, 6) is 0.816. The number of anilines is 1. The van der Waals surface area contributed by atoms with Crippen LogP contribution in [0.3, 0.4) is 0 Å². The summed E-state index contributed by atoms with van der Waals surface area (Å²) >= 11 is 0. The van der Waals surface area contributed by atoms with Gasteiger partial charge in [0, 0.05) is 25.2 Å². The van der Waals surface area contributed by atoms with Gasteiger partial charge in [-0.3, -0.25) is 10.1 Å². The Morgan fingerprint density at radius 1 is 1.33 bits per heavy atom. The van der Waals surface area contributed by atoms with Gasteiger partial charge in [-0.05, 0) is 0 Å². The molecule has 1 saturated heterocycles. The van der Waals surface area contributed by atoms with E-state index in [-0.39, 0.29) is 11.7 Å². The van der Waals surface area contributed by atoms with Gasteiger partial charge < -0.3 is 20.1 Å². The van der Waals surface area contributed by atoms with Gasteiger partial charge >= 0.3 is 0 Å². The number of nitro groups is 1. The predicted octanol–water partition coefficient (Wildman–Crippen LogP) is 0.759. The van der Waals surface area contributed by atoms with Crippen LogP contribution in [-0.2, 0) is 0 Å². The van der Waals surface area contributed by atoms with Crippen molar-refractivity contribution in [1.82, 2.24) is 0 Å². The average Bonchev–Trinajstić information content (AvgIpc) is 2.33. The van der Waals surface area contributed by atoms with Crippen molar-refractivity contribution in [2.75, 3.05) is 32.2 Å². The Bertz CT molecular complexity index is 472. The lowest BCUT2D eigenvalue weighted by Crippen LogP contribution is -2.56. The van der Waals surface area contributed by atoms with E-state index in [4.69, 9.17) is 15.2 Å². The third kappa shape index (κ3) is 2.04. The van der Waals surface area contributed by atoms with Crippen molar-refractivity contribution in [3.8, 4) is 11.5 Å². The van der Waals surface area contributed by atoms with Crippen molar-refractivity contribution in [2.45, 2.75) is 6.04 Å². The zero-order valence-corrected chi connectivity index (χ0v) is 10.3. The number of nitrogens with two attached hydrogens (primary N) is 1. The van der Waals surface area contributed by atoms with Crippen molar-refractivity contribution >= 4 is 11.4 Å². The van der Waals surface area contributed by atoms with Crippen LogP contribution in [0.25, 0.3) is 0 Å². The average molecular weight is 253 g/mol. The highest BCUT2D eigenvalue weighted by Gasteiger charge is 2.30. The topological polar surface area (TPSA) is 90.9 Å². The van der Waals surface area contributed by atoms with Crippen LogP contribution in [0, 0.1) is 10.1 Å².